The minimum absolute atomic E-state index is 0.00979. The first-order valence-electron chi connectivity index (χ1n) is 7.11. The van der Waals surface area contributed by atoms with Crippen molar-refractivity contribution in [3.8, 4) is 0 Å². The zero-order valence-corrected chi connectivity index (χ0v) is 13.2. The van der Waals surface area contributed by atoms with Crippen molar-refractivity contribution < 1.29 is 9.13 Å². The second-order valence-electron chi connectivity index (χ2n) is 5.48. The van der Waals surface area contributed by atoms with E-state index in [0.29, 0.717) is 22.1 Å². The van der Waals surface area contributed by atoms with Crippen LogP contribution in [0, 0.1) is 5.82 Å². The van der Waals surface area contributed by atoms with Gasteiger partial charge in [-0.2, -0.15) is 0 Å². The van der Waals surface area contributed by atoms with E-state index >= 15 is 0 Å². The number of nitrogens with one attached hydrogen (secondary N) is 1. The third-order valence-corrected chi connectivity index (χ3v) is 4.69. The van der Waals surface area contributed by atoms with E-state index in [4.69, 9.17) is 4.74 Å². The monoisotopic (exact) mass is 365 g/mol. The van der Waals surface area contributed by atoms with Crippen molar-refractivity contribution in [2.24, 2.45) is 0 Å². The Bertz CT molecular complexity index is 928. The van der Waals surface area contributed by atoms with E-state index in [2.05, 4.69) is 25.9 Å². The molecule has 2 aromatic heterocycles. The fraction of sp³-hybridized carbons (Fsp3) is 0.333. The molecule has 0 aliphatic carbocycles. The maximum atomic E-state index is 13.7. The number of aromatic nitrogens is 3. The molecule has 4 rings (SSSR count). The van der Waals surface area contributed by atoms with Gasteiger partial charge in [-0.3, -0.25) is 9.55 Å². The predicted octanol–water partition coefficient (Wildman–Crippen LogP) is 3.13. The van der Waals surface area contributed by atoms with Crippen molar-refractivity contribution in [1.29, 1.82) is 0 Å². The highest BCUT2D eigenvalue weighted by Gasteiger charge is 2.22. The van der Waals surface area contributed by atoms with Crippen LogP contribution < -0.4 is 5.69 Å². The molecule has 1 N–H and O–H groups in total. The van der Waals surface area contributed by atoms with Crippen molar-refractivity contribution >= 4 is 37.9 Å². The quantitative estimate of drug-likeness (QED) is 0.720. The number of hydrogen-bond donors (Lipinski definition) is 1. The molecule has 0 radical (unpaired) electrons. The van der Waals surface area contributed by atoms with E-state index in [1.165, 1.54) is 6.07 Å². The van der Waals surface area contributed by atoms with Crippen molar-refractivity contribution in [2.45, 2.75) is 18.9 Å². The fourth-order valence-electron chi connectivity index (χ4n) is 3.08. The van der Waals surface area contributed by atoms with Gasteiger partial charge in [0.25, 0.3) is 0 Å². The number of H-pyrrole nitrogens is 1. The summed E-state index contributed by atoms with van der Waals surface area (Å²) in [6.07, 6.45) is 3.39. The van der Waals surface area contributed by atoms with Crippen LogP contribution in [0.5, 0.6) is 0 Å². The van der Waals surface area contributed by atoms with Gasteiger partial charge in [0.05, 0.1) is 39.9 Å². The molecule has 22 heavy (non-hydrogen) atoms. The smallest absolute Gasteiger partial charge is 0.326 e. The van der Waals surface area contributed by atoms with Gasteiger partial charge in [0.15, 0.2) is 0 Å². The average molecular weight is 366 g/mol. The fourth-order valence-corrected chi connectivity index (χ4v) is 3.42. The van der Waals surface area contributed by atoms with E-state index in [1.807, 2.05) is 0 Å². The molecule has 1 atom stereocenters. The highest BCUT2D eigenvalue weighted by molar-refractivity contribution is 9.10. The van der Waals surface area contributed by atoms with Gasteiger partial charge in [-0.25, -0.2) is 9.18 Å². The highest BCUT2D eigenvalue weighted by Crippen LogP contribution is 2.30. The lowest BCUT2D eigenvalue weighted by molar-refractivity contribution is 0.0595. The Labute approximate surface area is 133 Å². The van der Waals surface area contributed by atoms with Gasteiger partial charge in [-0.1, -0.05) is 0 Å². The number of ether oxygens (including phenoxy) is 1. The molecule has 7 heteroatoms. The maximum Gasteiger partial charge on any atom is 0.326 e. The van der Waals surface area contributed by atoms with Crippen molar-refractivity contribution in [3.63, 3.8) is 0 Å². The van der Waals surface area contributed by atoms with E-state index in [-0.39, 0.29) is 17.5 Å². The highest BCUT2D eigenvalue weighted by atomic mass is 79.9. The molecule has 0 bridgehead atoms. The second kappa shape index (κ2) is 5.17. The van der Waals surface area contributed by atoms with Gasteiger partial charge in [0.1, 0.15) is 5.82 Å². The van der Waals surface area contributed by atoms with Crippen LogP contribution in [0.4, 0.5) is 4.39 Å². The number of fused-ring (bicyclic) bond motifs is 3. The van der Waals surface area contributed by atoms with E-state index in [0.717, 1.165) is 30.4 Å². The van der Waals surface area contributed by atoms with Crippen LogP contribution >= 0.6 is 15.9 Å². The molecule has 1 saturated heterocycles. The minimum atomic E-state index is -0.371. The first-order chi connectivity index (χ1) is 10.6. The van der Waals surface area contributed by atoms with Crippen LogP contribution in [0.25, 0.3) is 21.9 Å². The van der Waals surface area contributed by atoms with Gasteiger partial charge in [0, 0.05) is 18.1 Å². The first-order valence-corrected chi connectivity index (χ1v) is 7.90. The summed E-state index contributed by atoms with van der Waals surface area (Å²) in [5, 5.41) is 0.745. The summed E-state index contributed by atoms with van der Waals surface area (Å²) in [4.78, 5) is 19.4. The normalized spacial score (nSPS) is 19.1. The molecule has 1 aliphatic heterocycles. The zero-order chi connectivity index (χ0) is 15.3. The Hall–Kier alpha value is -1.73. The van der Waals surface area contributed by atoms with Gasteiger partial charge < -0.3 is 9.72 Å². The Kier molecular flexibility index (Phi) is 3.27. The van der Waals surface area contributed by atoms with Crippen molar-refractivity contribution in [3.05, 3.63) is 39.1 Å². The van der Waals surface area contributed by atoms with Crippen LogP contribution in [-0.4, -0.2) is 27.7 Å². The molecule has 0 amide bonds. The number of benzene rings is 1. The number of hydrogen-bond acceptors (Lipinski definition) is 3. The van der Waals surface area contributed by atoms with Crippen LogP contribution in [0.15, 0.2) is 27.6 Å². The van der Waals surface area contributed by atoms with Gasteiger partial charge >= 0.3 is 5.69 Å². The number of rotatable bonds is 1. The number of halogens is 2. The third kappa shape index (κ3) is 2.07. The largest absolute Gasteiger partial charge is 0.379 e. The molecule has 0 spiro atoms. The lowest BCUT2D eigenvalue weighted by Gasteiger charge is -2.23. The molecule has 5 nitrogen and oxygen atoms in total. The number of imidazole rings is 1. The lowest BCUT2D eigenvalue weighted by atomic mass is 10.1. The molecule has 1 fully saturated rings. The van der Waals surface area contributed by atoms with Crippen molar-refractivity contribution in [1.82, 2.24) is 14.5 Å². The molecule has 3 aromatic rings. The van der Waals surface area contributed by atoms with Crippen molar-refractivity contribution in [2.75, 3.05) is 13.2 Å². The van der Waals surface area contributed by atoms with Crippen LogP contribution in [0.3, 0.4) is 0 Å². The first kappa shape index (κ1) is 13.9. The maximum absolute atomic E-state index is 13.7. The summed E-state index contributed by atoms with van der Waals surface area (Å²) in [6, 6.07) is 3.04. The van der Waals surface area contributed by atoms with E-state index in [1.54, 1.807) is 16.8 Å². The predicted molar refractivity (Wildman–Crippen MR) is 84.6 cm³/mol. The topological polar surface area (TPSA) is 59.9 Å². The zero-order valence-electron chi connectivity index (χ0n) is 11.6. The Morgan fingerprint density at radius 1 is 1.45 bits per heavy atom. The third-order valence-electron chi connectivity index (χ3n) is 4.08. The molecule has 1 unspecified atom stereocenters. The average Bonchev–Trinajstić information content (AvgIpc) is 2.86. The van der Waals surface area contributed by atoms with Crippen LogP contribution in [0.1, 0.15) is 18.9 Å². The molecule has 114 valence electrons. The molecular weight excluding hydrogens is 353 g/mol. The summed E-state index contributed by atoms with van der Waals surface area (Å²) in [6.45, 7) is 1.24. The standard InChI is InChI=1S/C15H13BrFN3O2/c16-10-4-9-12(5-11(10)17)18-6-13-14(9)20(15(21)19-13)8-2-1-3-22-7-8/h4-6,8H,1-3,7H2,(H,19,21). The minimum Gasteiger partial charge on any atom is -0.379 e. The molecule has 3 heterocycles. The Morgan fingerprint density at radius 3 is 3.09 bits per heavy atom. The van der Waals surface area contributed by atoms with E-state index in [9.17, 15) is 9.18 Å². The summed E-state index contributed by atoms with van der Waals surface area (Å²) < 4.78 is 21.3. The van der Waals surface area contributed by atoms with Gasteiger partial charge in [-0.15, -0.1) is 0 Å². The summed E-state index contributed by atoms with van der Waals surface area (Å²) in [7, 11) is 0. The lowest BCUT2D eigenvalue weighted by Crippen LogP contribution is -2.28. The number of pyridine rings is 1. The second-order valence-corrected chi connectivity index (χ2v) is 6.33. The SMILES string of the molecule is O=c1[nH]c2cnc3cc(F)c(Br)cc3c2n1C1CCCOC1. The Morgan fingerprint density at radius 2 is 2.32 bits per heavy atom. The van der Waals surface area contributed by atoms with E-state index < -0.39 is 0 Å². The molecule has 1 aromatic carbocycles. The van der Waals surface area contributed by atoms with Gasteiger partial charge in [-0.05, 0) is 34.8 Å². The van der Waals surface area contributed by atoms with Crippen LogP contribution in [0.2, 0.25) is 0 Å². The molecule has 0 saturated carbocycles. The summed E-state index contributed by atoms with van der Waals surface area (Å²) in [5.74, 6) is -0.371. The summed E-state index contributed by atoms with van der Waals surface area (Å²) >= 11 is 3.20. The summed E-state index contributed by atoms with van der Waals surface area (Å²) in [5.41, 5.74) is 1.76. The Balaban J connectivity index is 2.06. The molecular formula is C15H13BrFN3O2. The molecule has 1 aliphatic rings. The number of nitrogens with zero attached hydrogens (tertiary/aromatic N) is 2. The number of aromatic amines is 1. The van der Waals surface area contributed by atoms with Gasteiger partial charge in [0.2, 0.25) is 0 Å². The van der Waals surface area contributed by atoms with Crippen LogP contribution in [-0.2, 0) is 4.74 Å².